The summed E-state index contributed by atoms with van der Waals surface area (Å²) in [5.41, 5.74) is 7.29. The highest BCUT2D eigenvalue weighted by Crippen LogP contribution is 2.31. The summed E-state index contributed by atoms with van der Waals surface area (Å²) >= 11 is 0. The number of fused-ring (bicyclic) bond motifs is 1. The van der Waals surface area contributed by atoms with Gasteiger partial charge >= 0.3 is 0 Å². The SMILES string of the molecule is CN(C)c1ccc(C(/C=C2\C=Cc3ccccc3N2)c2ccccc2)cc1. The molecule has 3 aromatic rings. The lowest BCUT2D eigenvalue weighted by Crippen LogP contribution is -2.09. The van der Waals surface area contributed by atoms with E-state index >= 15 is 0 Å². The van der Waals surface area contributed by atoms with Crippen molar-refractivity contribution in [3.05, 3.63) is 113 Å². The van der Waals surface area contributed by atoms with Crippen molar-refractivity contribution in [3.8, 4) is 0 Å². The zero-order valence-electron chi connectivity index (χ0n) is 15.8. The predicted molar refractivity (Wildman–Crippen MR) is 116 cm³/mol. The van der Waals surface area contributed by atoms with Crippen LogP contribution in [0.2, 0.25) is 0 Å². The van der Waals surface area contributed by atoms with Gasteiger partial charge in [-0.1, -0.05) is 66.7 Å². The molecule has 1 atom stereocenters. The first kappa shape index (κ1) is 17.2. The molecule has 0 saturated carbocycles. The van der Waals surface area contributed by atoms with Gasteiger partial charge in [0.15, 0.2) is 0 Å². The Balaban J connectivity index is 1.71. The van der Waals surface area contributed by atoms with Gasteiger partial charge < -0.3 is 10.2 Å². The average molecular weight is 352 g/mol. The molecular weight excluding hydrogens is 328 g/mol. The third kappa shape index (κ3) is 3.80. The van der Waals surface area contributed by atoms with E-state index in [9.17, 15) is 0 Å². The Kier molecular flexibility index (Phi) is 4.80. The molecule has 1 heterocycles. The van der Waals surface area contributed by atoms with E-state index < -0.39 is 0 Å². The molecule has 3 aromatic carbocycles. The summed E-state index contributed by atoms with van der Waals surface area (Å²) in [6.07, 6.45) is 6.65. The number of allylic oxidation sites excluding steroid dienone is 2. The fourth-order valence-electron chi connectivity index (χ4n) is 3.43. The molecule has 1 aliphatic heterocycles. The summed E-state index contributed by atoms with van der Waals surface area (Å²) in [7, 11) is 4.14. The van der Waals surface area contributed by atoms with Crippen LogP contribution in [0, 0.1) is 0 Å². The second kappa shape index (κ2) is 7.55. The maximum atomic E-state index is 3.56. The molecule has 0 aromatic heterocycles. The Bertz CT molecular complexity index is 967. The Morgan fingerprint density at radius 2 is 1.41 bits per heavy atom. The van der Waals surface area contributed by atoms with Crippen molar-refractivity contribution < 1.29 is 0 Å². The van der Waals surface area contributed by atoms with Crippen molar-refractivity contribution in [1.29, 1.82) is 0 Å². The largest absolute Gasteiger partial charge is 0.378 e. The van der Waals surface area contributed by atoms with Crippen LogP contribution in [0.1, 0.15) is 22.6 Å². The minimum absolute atomic E-state index is 0.194. The molecule has 2 heteroatoms. The van der Waals surface area contributed by atoms with Crippen LogP contribution in [0.25, 0.3) is 6.08 Å². The van der Waals surface area contributed by atoms with E-state index in [4.69, 9.17) is 0 Å². The van der Waals surface area contributed by atoms with Crippen molar-refractivity contribution >= 4 is 17.5 Å². The Morgan fingerprint density at radius 3 is 2.15 bits per heavy atom. The quantitative estimate of drug-likeness (QED) is 0.628. The monoisotopic (exact) mass is 352 g/mol. The molecule has 0 radical (unpaired) electrons. The molecule has 1 N–H and O–H groups in total. The smallest absolute Gasteiger partial charge is 0.0457 e. The molecule has 0 saturated heterocycles. The highest BCUT2D eigenvalue weighted by atomic mass is 15.1. The lowest BCUT2D eigenvalue weighted by Gasteiger charge is -2.20. The lowest BCUT2D eigenvalue weighted by atomic mass is 9.89. The van der Waals surface area contributed by atoms with E-state index in [1.165, 1.54) is 22.4 Å². The normalized spacial score (nSPS) is 15.1. The minimum atomic E-state index is 0.194. The number of benzene rings is 3. The molecule has 134 valence electrons. The Morgan fingerprint density at radius 1 is 0.741 bits per heavy atom. The zero-order chi connectivity index (χ0) is 18.6. The van der Waals surface area contributed by atoms with Gasteiger partial charge in [-0.25, -0.2) is 0 Å². The summed E-state index contributed by atoms with van der Waals surface area (Å²) < 4.78 is 0. The fourth-order valence-corrected chi connectivity index (χ4v) is 3.43. The maximum absolute atomic E-state index is 3.56. The topological polar surface area (TPSA) is 15.3 Å². The molecule has 0 spiro atoms. The summed E-state index contributed by atoms with van der Waals surface area (Å²) in [6.45, 7) is 0. The molecular formula is C25H24N2. The van der Waals surface area contributed by atoms with Gasteiger partial charge in [0, 0.05) is 37.1 Å². The number of nitrogens with zero attached hydrogens (tertiary/aromatic N) is 1. The van der Waals surface area contributed by atoms with Crippen LogP contribution in [0.3, 0.4) is 0 Å². The Hall–Kier alpha value is -3.26. The van der Waals surface area contributed by atoms with Crippen LogP contribution in [-0.2, 0) is 0 Å². The van der Waals surface area contributed by atoms with Gasteiger partial charge in [-0.3, -0.25) is 0 Å². The van der Waals surface area contributed by atoms with E-state index in [2.05, 4.69) is 121 Å². The first-order chi connectivity index (χ1) is 13.2. The van der Waals surface area contributed by atoms with E-state index in [0.29, 0.717) is 0 Å². The number of nitrogens with one attached hydrogen (secondary N) is 1. The van der Waals surface area contributed by atoms with Gasteiger partial charge in [0.2, 0.25) is 0 Å². The second-order valence-corrected chi connectivity index (χ2v) is 7.04. The van der Waals surface area contributed by atoms with Gasteiger partial charge in [-0.15, -0.1) is 0 Å². The fraction of sp³-hybridized carbons (Fsp3) is 0.120. The van der Waals surface area contributed by atoms with Crippen LogP contribution in [0.15, 0.2) is 96.7 Å². The molecule has 27 heavy (non-hydrogen) atoms. The summed E-state index contributed by atoms with van der Waals surface area (Å²) in [5.74, 6) is 0.194. The standard InChI is InChI=1S/C25H24N2/c1-27(2)23-16-13-20(14-17-23)24(19-8-4-3-5-9-19)18-22-15-12-21-10-6-7-11-25(21)26-22/h3-18,24,26H,1-2H3/b22-18+. The molecule has 0 amide bonds. The highest BCUT2D eigenvalue weighted by molar-refractivity contribution is 5.74. The molecule has 4 rings (SSSR count). The van der Waals surface area contributed by atoms with Gasteiger partial charge in [0.05, 0.1) is 0 Å². The van der Waals surface area contributed by atoms with Crippen LogP contribution in [0.5, 0.6) is 0 Å². The van der Waals surface area contributed by atoms with Crippen molar-refractivity contribution in [2.75, 3.05) is 24.3 Å². The number of hydrogen-bond acceptors (Lipinski definition) is 2. The number of rotatable bonds is 4. The summed E-state index contributed by atoms with van der Waals surface area (Å²) in [4.78, 5) is 2.13. The van der Waals surface area contributed by atoms with Gasteiger partial charge in [-0.2, -0.15) is 0 Å². The average Bonchev–Trinajstić information content (AvgIpc) is 2.72. The van der Waals surface area contributed by atoms with Crippen LogP contribution in [-0.4, -0.2) is 14.1 Å². The summed E-state index contributed by atoms with van der Waals surface area (Å²) in [6, 6.07) is 27.9. The molecule has 1 unspecified atom stereocenters. The summed E-state index contributed by atoms with van der Waals surface area (Å²) in [5, 5.41) is 3.56. The van der Waals surface area contributed by atoms with E-state index in [0.717, 1.165) is 11.4 Å². The zero-order valence-corrected chi connectivity index (χ0v) is 15.8. The predicted octanol–water partition coefficient (Wildman–Crippen LogP) is 5.91. The third-order valence-corrected chi connectivity index (χ3v) is 4.96. The molecule has 2 nitrogen and oxygen atoms in total. The number of hydrogen-bond donors (Lipinski definition) is 1. The molecule has 1 aliphatic rings. The third-order valence-electron chi connectivity index (χ3n) is 4.96. The van der Waals surface area contributed by atoms with Crippen LogP contribution in [0.4, 0.5) is 11.4 Å². The Labute approximate surface area is 161 Å². The van der Waals surface area contributed by atoms with Gasteiger partial charge in [0.1, 0.15) is 0 Å². The van der Waals surface area contributed by atoms with Crippen molar-refractivity contribution in [2.45, 2.75) is 5.92 Å². The van der Waals surface area contributed by atoms with Crippen molar-refractivity contribution in [1.82, 2.24) is 0 Å². The molecule has 0 fully saturated rings. The number of anilines is 2. The van der Waals surface area contributed by atoms with Crippen LogP contribution >= 0.6 is 0 Å². The highest BCUT2D eigenvalue weighted by Gasteiger charge is 2.14. The van der Waals surface area contributed by atoms with Crippen molar-refractivity contribution in [2.24, 2.45) is 0 Å². The second-order valence-electron chi connectivity index (χ2n) is 7.04. The first-order valence-corrected chi connectivity index (χ1v) is 9.29. The van der Waals surface area contributed by atoms with Gasteiger partial charge in [0.25, 0.3) is 0 Å². The van der Waals surface area contributed by atoms with E-state index in [1.807, 2.05) is 0 Å². The minimum Gasteiger partial charge on any atom is -0.378 e. The van der Waals surface area contributed by atoms with Crippen LogP contribution < -0.4 is 10.2 Å². The van der Waals surface area contributed by atoms with Gasteiger partial charge in [-0.05, 0) is 47.0 Å². The first-order valence-electron chi connectivity index (χ1n) is 9.29. The van der Waals surface area contributed by atoms with E-state index in [-0.39, 0.29) is 5.92 Å². The van der Waals surface area contributed by atoms with E-state index in [1.54, 1.807) is 0 Å². The molecule has 0 bridgehead atoms. The molecule has 0 aliphatic carbocycles. The van der Waals surface area contributed by atoms with Crippen molar-refractivity contribution in [3.63, 3.8) is 0 Å². The maximum Gasteiger partial charge on any atom is 0.0457 e. The number of para-hydroxylation sites is 1. The lowest BCUT2D eigenvalue weighted by molar-refractivity contribution is 1.01.